The van der Waals surface area contributed by atoms with Crippen molar-refractivity contribution in [2.45, 2.75) is 19.8 Å². The van der Waals surface area contributed by atoms with Gasteiger partial charge in [-0.05, 0) is 30.7 Å². The topological polar surface area (TPSA) is 38.3 Å². The molecule has 0 bridgehead atoms. The monoisotopic (exact) mass is 239 g/mol. The number of rotatable bonds is 6. The van der Waals surface area contributed by atoms with Crippen molar-refractivity contribution in [3.8, 4) is 5.75 Å². The number of anilines is 1. The van der Waals surface area contributed by atoms with Crippen LogP contribution in [0.4, 0.5) is 5.69 Å². The van der Waals surface area contributed by atoms with Gasteiger partial charge in [0.1, 0.15) is 5.75 Å². The molecule has 0 radical (unpaired) electrons. The van der Waals surface area contributed by atoms with Crippen molar-refractivity contribution in [1.29, 1.82) is 0 Å². The maximum atomic E-state index is 11.1. The summed E-state index contributed by atoms with van der Waals surface area (Å²) >= 11 is 3.89. The summed E-state index contributed by atoms with van der Waals surface area (Å²) in [5.74, 6) is 0.912. The van der Waals surface area contributed by atoms with Crippen molar-refractivity contribution in [3.05, 3.63) is 24.3 Å². The Balaban J connectivity index is 2.44. The average molecular weight is 239 g/mol. The van der Waals surface area contributed by atoms with E-state index in [1.165, 1.54) is 0 Å². The second kappa shape index (κ2) is 7.17. The fraction of sp³-hybridized carbons (Fsp3) is 0.417. The van der Waals surface area contributed by atoms with E-state index < -0.39 is 0 Å². The first-order chi connectivity index (χ1) is 7.76. The molecule has 0 saturated heterocycles. The highest BCUT2D eigenvalue weighted by Gasteiger charge is 1.99. The Labute approximate surface area is 102 Å². The Morgan fingerprint density at radius 3 is 2.62 bits per heavy atom. The molecule has 0 spiro atoms. The zero-order valence-electron chi connectivity index (χ0n) is 9.40. The van der Waals surface area contributed by atoms with Gasteiger partial charge in [0, 0.05) is 5.69 Å². The summed E-state index contributed by atoms with van der Waals surface area (Å²) in [6.45, 7) is 2.86. The molecule has 0 aliphatic heterocycles. The molecule has 0 aliphatic carbocycles. The first-order valence-corrected chi connectivity index (χ1v) is 6.03. The minimum absolute atomic E-state index is 0.108. The number of unbranched alkanes of at least 4 members (excludes halogenated alkanes) is 1. The van der Waals surface area contributed by atoms with Crippen LogP contribution in [-0.4, -0.2) is 18.3 Å². The molecule has 0 fully saturated rings. The third kappa shape index (κ3) is 4.57. The number of amides is 1. The maximum Gasteiger partial charge on any atom is 0.234 e. The molecular formula is C12H17NO2S. The van der Waals surface area contributed by atoms with E-state index in [0.29, 0.717) is 0 Å². The van der Waals surface area contributed by atoms with Crippen molar-refractivity contribution in [2.75, 3.05) is 17.7 Å². The highest BCUT2D eigenvalue weighted by Crippen LogP contribution is 2.15. The lowest BCUT2D eigenvalue weighted by Gasteiger charge is -2.07. The zero-order valence-corrected chi connectivity index (χ0v) is 10.3. The molecule has 1 N–H and O–H groups in total. The van der Waals surface area contributed by atoms with Crippen LogP contribution in [0, 0.1) is 0 Å². The summed E-state index contributed by atoms with van der Waals surface area (Å²) in [6, 6.07) is 7.35. The summed E-state index contributed by atoms with van der Waals surface area (Å²) in [5, 5.41) is 2.72. The second-order valence-electron chi connectivity index (χ2n) is 3.43. The Bertz CT molecular complexity index is 324. The van der Waals surface area contributed by atoms with E-state index in [-0.39, 0.29) is 11.7 Å². The average Bonchev–Trinajstić information content (AvgIpc) is 2.31. The molecule has 3 nitrogen and oxygen atoms in total. The quantitative estimate of drug-likeness (QED) is 0.592. The molecule has 0 atom stereocenters. The van der Waals surface area contributed by atoms with Gasteiger partial charge in [-0.1, -0.05) is 13.3 Å². The van der Waals surface area contributed by atoms with Gasteiger partial charge >= 0.3 is 0 Å². The highest BCUT2D eigenvalue weighted by molar-refractivity contribution is 7.81. The van der Waals surface area contributed by atoms with Gasteiger partial charge in [-0.2, -0.15) is 12.6 Å². The van der Waals surface area contributed by atoms with Crippen molar-refractivity contribution in [1.82, 2.24) is 0 Å². The summed E-state index contributed by atoms with van der Waals surface area (Å²) < 4.78 is 5.50. The van der Waals surface area contributed by atoms with Gasteiger partial charge in [-0.25, -0.2) is 0 Å². The molecule has 0 aromatic heterocycles. The van der Waals surface area contributed by atoms with E-state index in [2.05, 4.69) is 24.9 Å². The van der Waals surface area contributed by atoms with Crippen LogP contribution in [0.15, 0.2) is 24.3 Å². The second-order valence-corrected chi connectivity index (χ2v) is 3.75. The Morgan fingerprint density at radius 2 is 2.06 bits per heavy atom. The van der Waals surface area contributed by atoms with Crippen LogP contribution in [0.5, 0.6) is 5.75 Å². The van der Waals surface area contributed by atoms with Crippen LogP contribution in [0.3, 0.4) is 0 Å². The first kappa shape index (κ1) is 12.9. The molecule has 88 valence electrons. The van der Waals surface area contributed by atoms with Crippen molar-refractivity contribution in [2.24, 2.45) is 0 Å². The number of carbonyl (C=O) groups is 1. The van der Waals surface area contributed by atoms with Gasteiger partial charge in [0.25, 0.3) is 0 Å². The maximum absolute atomic E-state index is 11.1. The Hall–Kier alpha value is -1.16. The van der Waals surface area contributed by atoms with Crippen LogP contribution in [-0.2, 0) is 4.79 Å². The van der Waals surface area contributed by atoms with E-state index in [1.807, 2.05) is 24.3 Å². The summed E-state index contributed by atoms with van der Waals surface area (Å²) in [4.78, 5) is 11.1. The number of hydrogen-bond donors (Lipinski definition) is 2. The SMILES string of the molecule is CCCCOc1ccc(NC(=O)CS)cc1. The van der Waals surface area contributed by atoms with Gasteiger partial charge < -0.3 is 10.1 Å². The number of nitrogens with one attached hydrogen (secondary N) is 1. The molecule has 0 unspecified atom stereocenters. The third-order valence-corrected chi connectivity index (χ3v) is 2.34. The molecule has 1 aromatic carbocycles. The fourth-order valence-electron chi connectivity index (χ4n) is 1.17. The largest absolute Gasteiger partial charge is 0.494 e. The molecule has 4 heteroatoms. The lowest BCUT2D eigenvalue weighted by Crippen LogP contribution is -2.12. The highest BCUT2D eigenvalue weighted by atomic mass is 32.1. The number of hydrogen-bond acceptors (Lipinski definition) is 3. The van der Waals surface area contributed by atoms with Crippen LogP contribution >= 0.6 is 12.6 Å². The Kier molecular flexibility index (Phi) is 5.78. The third-order valence-electron chi connectivity index (χ3n) is 2.05. The lowest BCUT2D eigenvalue weighted by atomic mass is 10.3. The van der Waals surface area contributed by atoms with Crippen molar-refractivity contribution >= 4 is 24.2 Å². The van der Waals surface area contributed by atoms with Gasteiger partial charge in [-0.3, -0.25) is 4.79 Å². The van der Waals surface area contributed by atoms with E-state index in [1.54, 1.807) is 0 Å². The minimum Gasteiger partial charge on any atom is -0.494 e. The van der Waals surface area contributed by atoms with E-state index in [4.69, 9.17) is 4.74 Å². The van der Waals surface area contributed by atoms with E-state index in [0.717, 1.165) is 30.9 Å². The fourth-order valence-corrected chi connectivity index (χ4v) is 1.25. The van der Waals surface area contributed by atoms with Gasteiger partial charge in [0.2, 0.25) is 5.91 Å². The summed E-state index contributed by atoms with van der Waals surface area (Å²) in [7, 11) is 0. The van der Waals surface area contributed by atoms with E-state index >= 15 is 0 Å². The predicted molar refractivity (Wildman–Crippen MR) is 69.3 cm³/mol. The molecule has 1 aromatic rings. The minimum atomic E-state index is -0.108. The molecule has 0 saturated carbocycles. The molecule has 0 heterocycles. The van der Waals surface area contributed by atoms with Crippen LogP contribution in [0.25, 0.3) is 0 Å². The van der Waals surface area contributed by atoms with Crippen LogP contribution in [0.1, 0.15) is 19.8 Å². The normalized spacial score (nSPS) is 9.88. The van der Waals surface area contributed by atoms with Crippen LogP contribution < -0.4 is 10.1 Å². The molecule has 1 amide bonds. The first-order valence-electron chi connectivity index (χ1n) is 5.40. The molecule has 1 rings (SSSR count). The lowest BCUT2D eigenvalue weighted by molar-refractivity contribution is -0.113. The summed E-state index contributed by atoms with van der Waals surface area (Å²) in [6.07, 6.45) is 2.17. The number of ether oxygens (including phenoxy) is 1. The standard InChI is InChI=1S/C12H17NO2S/c1-2-3-8-15-11-6-4-10(5-7-11)13-12(14)9-16/h4-7,16H,2-3,8-9H2,1H3,(H,13,14). The predicted octanol–water partition coefficient (Wildman–Crippen LogP) is 2.73. The van der Waals surface area contributed by atoms with Crippen LogP contribution in [0.2, 0.25) is 0 Å². The molecular weight excluding hydrogens is 222 g/mol. The van der Waals surface area contributed by atoms with Crippen molar-refractivity contribution in [3.63, 3.8) is 0 Å². The van der Waals surface area contributed by atoms with Gasteiger partial charge in [0.05, 0.1) is 12.4 Å². The van der Waals surface area contributed by atoms with E-state index in [9.17, 15) is 4.79 Å². The molecule has 0 aliphatic rings. The number of benzene rings is 1. The molecule has 16 heavy (non-hydrogen) atoms. The number of thiol groups is 1. The van der Waals surface area contributed by atoms with Gasteiger partial charge in [0.15, 0.2) is 0 Å². The summed E-state index contributed by atoms with van der Waals surface area (Å²) in [5.41, 5.74) is 0.766. The number of carbonyl (C=O) groups excluding carboxylic acids is 1. The smallest absolute Gasteiger partial charge is 0.234 e. The zero-order chi connectivity index (χ0) is 11.8. The Morgan fingerprint density at radius 1 is 1.38 bits per heavy atom. The van der Waals surface area contributed by atoms with Crippen molar-refractivity contribution < 1.29 is 9.53 Å². The van der Waals surface area contributed by atoms with Gasteiger partial charge in [-0.15, -0.1) is 0 Å².